The summed E-state index contributed by atoms with van der Waals surface area (Å²) >= 11 is 0. The van der Waals surface area contributed by atoms with Crippen LogP contribution in [-0.2, 0) is 4.74 Å². The van der Waals surface area contributed by atoms with Gasteiger partial charge in [-0.15, -0.1) is 0 Å². The molecule has 1 aliphatic heterocycles. The van der Waals surface area contributed by atoms with Crippen LogP contribution in [0.3, 0.4) is 0 Å². The highest BCUT2D eigenvalue weighted by molar-refractivity contribution is 5.88. The third-order valence-corrected chi connectivity index (χ3v) is 4.84. The minimum atomic E-state index is -1.73. The molecule has 1 aliphatic rings. The van der Waals surface area contributed by atoms with Crippen molar-refractivity contribution in [2.45, 2.75) is 24.6 Å². The second-order valence-corrected chi connectivity index (χ2v) is 7.00. The molecule has 2 heterocycles. The molecule has 0 unspecified atom stereocenters. The fraction of sp³-hybridized carbons (Fsp3) is 0.250. The van der Waals surface area contributed by atoms with Crippen LogP contribution in [0.25, 0.3) is 22.3 Å². The lowest BCUT2D eigenvalue weighted by molar-refractivity contribution is -0.242. The molecular formula is C20H18O11. The quantitative estimate of drug-likeness (QED) is 0.277. The van der Waals surface area contributed by atoms with Gasteiger partial charge in [0, 0.05) is 17.7 Å². The Balaban J connectivity index is 1.92. The van der Waals surface area contributed by atoms with Gasteiger partial charge in [-0.3, -0.25) is 4.79 Å². The average Bonchev–Trinajstić information content (AvgIpc) is 2.71. The first kappa shape index (κ1) is 20.8. The first-order valence-corrected chi connectivity index (χ1v) is 9.05. The SMILES string of the molecule is O=c1c(O[C@H]2OC[C@@H](O)[C@H](O)[C@@H]2O)c(-c2ccc(O)c(O)c2)oc2cc(O)cc(O)c12. The van der Waals surface area contributed by atoms with Crippen molar-refractivity contribution in [1.29, 1.82) is 0 Å². The van der Waals surface area contributed by atoms with Crippen LogP contribution in [0.5, 0.6) is 28.7 Å². The fourth-order valence-corrected chi connectivity index (χ4v) is 3.23. The van der Waals surface area contributed by atoms with Gasteiger partial charge in [0.25, 0.3) is 0 Å². The molecule has 164 valence electrons. The predicted molar refractivity (Wildman–Crippen MR) is 103 cm³/mol. The van der Waals surface area contributed by atoms with Crippen LogP contribution in [0.4, 0.5) is 0 Å². The second-order valence-electron chi connectivity index (χ2n) is 7.00. The molecule has 11 nitrogen and oxygen atoms in total. The molecule has 3 aromatic rings. The minimum absolute atomic E-state index is 0.0676. The Morgan fingerprint density at radius 1 is 0.903 bits per heavy atom. The number of aliphatic hydroxyl groups excluding tert-OH is 3. The molecule has 31 heavy (non-hydrogen) atoms. The molecule has 0 amide bonds. The van der Waals surface area contributed by atoms with E-state index in [2.05, 4.69) is 0 Å². The number of hydrogen-bond acceptors (Lipinski definition) is 11. The van der Waals surface area contributed by atoms with Crippen molar-refractivity contribution in [2.24, 2.45) is 0 Å². The summed E-state index contributed by atoms with van der Waals surface area (Å²) in [4.78, 5) is 13.1. The van der Waals surface area contributed by atoms with E-state index in [9.17, 15) is 40.5 Å². The van der Waals surface area contributed by atoms with Crippen molar-refractivity contribution in [1.82, 2.24) is 0 Å². The Morgan fingerprint density at radius 3 is 2.35 bits per heavy atom. The van der Waals surface area contributed by atoms with Crippen LogP contribution >= 0.6 is 0 Å². The Kier molecular flexibility index (Phi) is 5.11. The number of aliphatic hydroxyl groups is 3. The first-order valence-electron chi connectivity index (χ1n) is 9.05. The monoisotopic (exact) mass is 434 g/mol. The van der Waals surface area contributed by atoms with E-state index in [0.717, 1.165) is 24.3 Å². The molecule has 1 aromatic heterocycles. The summed E-state index contributed by atoms with van der Waals surface area (Å²) in [5, 5.41) is 68.6. The number of phenols is 4. The molecule has 4 rings (SSSR count). The van der Waals surface area contributed by atoms with Crippen LogP contribution in [0, 0.1) is 0 Å². The van der Waals surface area contributed by atoms with Crippen LogP contribution in [-0.4, -0.2) is 67.0 Å². The van der Waals surface area contributed by atoms with Crippen molar-refractivity contribution in [3.8, 4) is 40.1 Å². The molecule has 1 saturated heterocycles. The number of benzene rings is 2. The first-order chi connectivity index (χ1) is 14.7. The lowest BCUT2D eigenvalue weighted by Crippen LogP contribution is -2.55. The highest BCUT2D eigenvalue weighted by atomic mass is 16.7. The molecule has 2 aromatic carbocycles. The lowest BCUT2D eigenvalue weighted by Gasteiger charge is -2.34. The molecule has 0 spiro atoms. The summed E-state index contributed by atoms with van der Waals surface area (Å²) in [6, 6.07) is 5.50. The van der Waals surface area contributed by atoms with Crippen molar-refractivity contribution >= 4 is 11.0 Å². The van der Waals surface area contributed by atoms with Crippen LogP contribution in [0.15, 0.2) is 39.5 Å². The van der Waals surface area contributed by atoms with Gasteiger partial charge in [-0.1, -0.05) is 0 Å². The number of fused-ring (bicyclic) bond motifs is 1. The van der Waals surface area contributed by atoms with Crippen molar-refractivity contribution < 1.29 is 49.6 Å². The van der Waals surface area contributed by atoms with E-state index in [1.807, 2.05) is 0 Å². The molecule has 0 aliphatic carbocycles. The van der Waals surface area contributed by atoms with Gasteiger partial charge in [-0.25, -0.2) is 0 Å². The highest BCUT2D eigenvalue weighted by Gasteiger charge is 2.40. The number of phenolic OH excluding ortho intramolecular Hbond substituents is 4. The molecule has 0 radical (unpaired) electrons. The molecule has 11 heteroatoms. The second kappa shape index (κ2) is 7.63. The molecule has 7 N–H and O–H groups in total. The smallest absolute Gasteiger partial charge is 0.239 e. The highest BCUT2D eigenvalue weighted by Crippen LogP contribution is 2.39. The lowest BCUT2D eigenvalue weighted by atomic mass is 10.1. The summed E-state index contributed by atoms with van der Waals surface area (Å²) in [6.07, 6.45) is -6.29. The van der Waals surface area contributed by atoms with Gasteiger partial charge in [0.2, 0.25) is 17.5 Å². The molecule has 1 fully saturated rings. The van der Waals surface area contributed by atoms with Crippen LogP contribution in [0.2, 0.25) is 0 Å². The molecule has 0 bridgehead atoms. The van der Waals surface area contributed by atoms with Gasteiger partial charge >= 0.3 is 0 Å². The van der Waals surface area contributed by atoms with Gasteiger partial charge in [-0.2, -0.15) is 0 Å². The maximum atomic E-state index is 13.1. The zero-order valence-corrected chi connectivity index (χ0v) is 15.7. The van der Waals surface area contributed by atoms with Gasteiger partial charge in [0.15, 0.2) is 17.3 Å². The zero-order valence-electron chi connectivity index (χ0n) is 15.7. The van der Waals surface area contributed by atoms with E-state index >= 15 is 0 Å². The minimum Gasteiger partial charge on any atom is -0.508 e. The van der Waals surface area contributed by atoms with Gasteiger partial charge < -0.3 is 49.6 Å². The van der Waals surface area contributed by atoms with E-state index < -0.39 is 59.6 Å². The topological polar surface area (TPSA) is 190 Å². The number of ether oxygens (including phenoxy) is 2. The standard InChI is InChI=1S/C20H18O11/c21-8-4-11(24)14-13(5-8)30-18(7-1-2-9(22)10(23)3-7)19(16(14)27)31-20-17(28)15(26)12(25)6-29-20/h1-5,12,15,17,20-26,28H,6H2/t12-,15+,17+,20-/m1/s1. The van der Waals surface area contributed by atoms with E-state index in [0.29, 0.717) is 0 Å². The Labute approximate surface area is 173 Å². The number of hydrogen-bond donors (Lipinski definition) is 7. The Hall–Kier alpha value is -3.51. The van der Waals surface area contributed by atoms with Crippen LogP contribution in [0.1, 0.15) is 0 Å². The summed E-state index contributed by atoms with van der Waals surface area (Å²) in [7, 11) is 0. The molecule has 0 saturated carbocycles. The van der Waals surface area contributed by atoms with Gasteiger partial charge in [0.1, 0.15) is 40.8 Å². The van der Waals surface area contributed by atoms with Crippen LogP contribution < -0.4 is 10.2 Å². The van der Waals surface area contributed by atoms with E-state index in [1.54, 1.807) is 0 Å². The average molecular weight is 434 g/mol. The predicted octanol–water partition coefficient (Wildman–Crippen LogP) is 0.100. The third-order valence-electron chi connectivity index (χ3n) is 4.84. The van der Waals surface area contributed by atoms with Crippen molar-refractivity contribution in [2.75, 3.05) is 6.61 Å². The Bertz CT molecular complexity index is 1200. The summed E-state index contributed by atoms with van der Waals surface area (Å²) in [5.74, 6) is -2.79. The fourth-order valence-electron chi connectivity index (χ4n) is 3.23. The normalized spacial score (nSPS) is 23.7. The van der Waals surface area contributed by atoms with E-state index in [1.165, 1.54) is 6.07 Å². The maximum absolute atomic E-state index is 13.1. The van der Waals surface area contributed by atoms with Crippen molar-refractivity contribution in [3.63, 3.8) is 0 Å². The summed E-state index contributed by atoms with van der Waals surface area (Å²) < 4.78 is 16.3. The molecule has 4 atom stereocenters. The van der Waals surface area contributed by atoms with Crippen molar-refractivity contribution in [3.05, 3.63) is 40.6 Å². The Morgan fingerprint density at radius 2 is 1.65 bits per heavy atom. The van der Waals surface area contributed by atoms with E-state index in [4.69, 9.17) is 13.9 Å². The van der Waals surface area contributed by atoms with Gasteiger partial charge in [-0.05, 0) is 18.2 Å². The number of aromatic hydroxyl groups is 4. The maximum Gasteiger partial charge on any atom is 0.239 e. The van der Waals surface area contributed by atoms with Gasteiger partial charge in [0.05, 0.1) is 6.61 Å². The largest absolute Gasteiger partial charge is 0.508 e. The summed E-state index contributed by atoms with van der Waals surface area (Å²) in [5.41, 5.74) is -1.05. The molecular weight excluding hydrogens is 416 g/mol. The van der Waals surface area contributed by atoms with E-state index in [-0.39, 0.29) is 28.0 Å². The summed E-state index contributed by atoms with van der Waals surface area (Å²) in [6.45, 7) is -0.393. The zero-order chi connectivity index (χ0) is 22.4. The number of rotatable bonds is 3. The third kappa shape index (κ3) is 3.59.